The van der Waals surface area contributed by atoms with Gasteiger partial charge in [0, 0.05) is 32.8 Å². The van der Waals surface area contributed by atoms with Gasteiger partial charge in [0.2, 0.25) is 0 Å². The molecule has 0 rings (SSSR count). The van der Waals surface area contributed by atoms with Crippen LogP contribution < -0.4 is 5.32 Å². The Hall–Kier alpha value is -0.120. The summed E-state index contributed by atoms with van der Waals surface area (Å²) in [7, 11) is 1.78. The van der Waals surface area contributed by atoms with Crippen LogP contribution >= 0.6 is 0 Å². The summed E-state index contributed by atoms with van der Waals surface area (Å²) >= 11 is 0. The van der Waals surface area contributed by atoms with E-state index in [4.69, 9.17) is 4.74 Å². The van der Waals surface area contributed by atoms with Crippen LogP contribution in [0.15, 0.2) is 0 Å². The van der Waals surface area contributed by atoms with E-state index in [1.807, 2.05) is 0 Å². The Bertz CT molecular complexity index is 162. The Balaban J connectivity index is 4.31. The predicted molar refractivity (Wildman–Crippen MR) is 75.5 cm³/mol. The minimum Gasteiger partial charge on any atom is -0.383 e. The highest BCUT2D eigenvalue weighted by molar-refractivity contribution is 4.74. The van der Waals surface area contributed by atoms with E-state index in [0.717, 1.165) is 26.2 Å². The molecule has 3 heteroatoms. The summed E-state index contributed by atoms with van der Waals surface area (Å²) in [5.74, 6) is 0.716. The second-order valence-corrected chi connectivity index (χ2v) is 5.13. The molecule has 0 aromatic heterocycles. The van der Waals surface area contributed by atoms with Gasteiger partial charge in [-0.3, -0.25) is 4.90 Å². The van der Waals surface area contributed by atoms with Crippen LogP contribution in [0.25, 0.3) is 0 Å². The van der Waals surface area contributed by atoms with Crippen LogP contribution in [-0.2, 0) is 4.74 Å². The molecule has 1 N–H and O–H groups in total. The van der Waals surface area contributed by atoms with Gasteiger partial charge in [0.05, 0.1) is 6.61 Å². The average molecular weight is 244 g/mol. The molecule has 104 valence electrons. The fraction of sp³-hybridized carbons (Fsp3) is 1.00. The van der Waals surface area contributed by atoms with Gasteiger partial charge in [-0.15, -0.1) is 0 Å². The van der Waals surface area contributed by atoms with E-state index in [2.05, 4.69) is 37.9 Å². The van der Waals surface area contributed by atoms with Crippen molar-refractivity contribution in [2.45, 2.75) is 46.6 Å². The molecule has 17 heavy (non-hydrogen) atoms. The van der Waals surface area contributed by atoms with Crippen LogP contribution in [0.1, 0.15) is 40.5 Å². The zero-order chi connectivity index (χ0) is 13.1. The van der Waals surface area contributed by atoms with Crippen molar-refractivity contribution in [2.24, 2.45) is 5.92 Å². The first-order chi connectivity index (χ1) is 8.15. The molecule has 0 aliphatic carbocycles. The summed E-state index contributed by atoms with van der Waals surface area (Å²) in [6.45, 7) is 14.2. The van der Waals surface area contributed by atoms with E-state index in [-0.39, 0.29) is 0 Å². The summed E-state index contributed by atoms with van der Waals surface area (Å²) in [6, 6.07) is 0.650. The van der Waals surface area contributed by atoms with Gasteiger partial charge in [-0.1, -0.05) is 34.1 Å². The van der Waals surface area contributed by atoms with Gasteiger partial charge in [0.25, 0.3) is 0 Å². The van der Waals surface area contributed by atoms with E-state index in [0.29, 0.717) is 12.0 Å². The van der Waals surface area contributed by atoms with Crippen molar-refractivity contribution in [3.63, 3.8) is 0 Å². The van der Waals surface area contributed by atoms with E-state index in [1.54, 1.807) is 7.11 Å². The van der Waals surface area contributed by atoms with Crippen LogP contribution in [0.4, 0.5) is 0 Å². The zero-order valence-electron chi connectivity index (χ0n) is 12.5. The molecule has 0 aromatic carbocycles. The normalized spacial score (nSPS) is 13.6. The maximum absolute atomic E-state index is 5.22. The topological polar surface area (TPSA) is 24.5 Å². The molecule has 0 saturated carbocycles. The van der Waals surface area contributed by atoms with Crippen molar-refractivity contribution >= 4 is 0 Å². The Morgan fingerprint density at radius 2 is 1.94 bits per heavy atom. The van der Waals surface area contributed by atoms with Gasteiger partial charge in [-0.05, 0) is 18.9 Å². The molecule has 0 fully saturated rings. The molecule has 0 aliphatic rings. The third-order valence-electron chi connectivity index (χ3n) is 2.95. The lowest BCUT2D eigenvalue weighted by atomic mass is 10.1. The predicted octanol–water partition coefficient (Wildman–Crippen LogP) is 2.37. The minimum atomic E-state index is 0.650. The molecule has 0 aliphatic heterocycles. The van der Waals surface area contributed by atoms with Crippen molar-refractivity contribution in [3.05, 3.63) is 0 Å². The number of ether oxygens (including phenoxy) is 1. The van der Waals surface area contributed by atoms with Gasteiger partial charge >= 0.3 is 0 Å². The number of nitrogens with zero attached hydrogens (tertiary/aromatic N) is 1. The average Bonchev–Trinajstić information content (AvgIpc) is 2.29. The maximum atomic E-state index is 5.22. The van der Waals surface area contributed by atoms with Gasteiger partial charge in [-0.25, -0.2) is 0 Å². The summed E-state index contributed by atoms with van der Waals surface area (Å²) in [6.07, 6.45) is 2.51. The number of rotatable bonds is 11. The second kappa shape index (κ2) is 11.0. The Kier molecular flexibility index (Phi) is 10.9. The van der Waals surface area contributed by atoms with Crippen LogP contribution in [0, 0.1) is 5.92 Å². The lowest BCUT2D eigenvalue weighted by Gasteiger charge is -2.33. The molecule has 3 nitrogen and oxygen atoms in total. The van der Waals surface area contributed by atoms with Gasteiger partial charge in [0.1, 0.15) is 0 Å². The van der Waals surface area contributed by atoms with Crippen LogP contribution in [0.3, 0.4) is 0 Å². The van der Waals surface area contributed by atoms with Crippen LogP contribution in [-0.4, -0.2) is 50.8 Å². The summed E-state index contributed by atoms with van der Waals surface area (Å²) < 4.78 is 5.22. The number of methoxy groups -OCH3 is 1. The van der Waals surface area contributed by atoms with Crippen molar-refractivity contribution in [2.75, 3.05) is 39.9 Å². The lowest BCUT2D eigenvalue weighted by Crippen LogP contribution is -2.45. The molecule has 0 saturated heterocycles. The third kappa shape index (κ3) is 8.58. The maximum Gasteiger partial charge on any atom is 0.0589 e. The highest BCUT2D eigenvalue weighted by Crippen LogP contribution is 2.09. The van der Waals surface area contributed by atoms with Gasteiger partial charge in [0.15, 0.2) is 0 Å². The zero-order valence-corrected chi connectivity index (χ0v) is 12.5. The van der Waals surface area contributed by atoms with Crippen molar-refractivity contribution < 1.29 is 4.74 Å². The van der Waals surface area contributed by atoms with Crippen molar-refractivity contribution in [1.29, 1.82) is 0 Å². The molecule has 1 unspecified atom stereocenters. The first-order valence-corrected chi connectivity index (χ1v) is 7.09. The third-order valence-corrected chi connectivity index (χ3v) is 2.95. The van der Waals surface area contributed by atoms with Crippen molar-refractivity contribution in [1.82, 2.24) is 10.2 Å². The quantitative estimate of drug-likeness (QED) is 0.604. The van der Waals surface area contributed by atoms with Gasteiger partial charge < -0.3 is 10.1 Å². The largest absolute Gasteiger partial charge is 0.383 e. The van der Waals surface area contributed by atoms with E-state index in [1.165, 1.54) is 19.4 Å². The molecule has 0 aromatic rings. The molecule has 0 bridgehead atoms. The van der Waals surface area contributed by atoms with E-state index >= 15 is 0 Å². The second-order valence-electron chi connectivity index (χ2n) is 5.13. The van der Waals surface area contributed by atoms with E-state index in [9.17, 15) is 0 Å². The smallest absolute Gasteiger partial charge is 0.0589 e. The van der Waals surface area contributed by atoms with E-state index < -0.39 is 0 Å². The number of nitrogens with one attached hydrogen (secondary N) is 1. The lowest BCUT2D eigenvalue weighted by molar-refractivity contribution is 0.105. The number of hydrogen-bond acceptors (Lipinski definition) is 3. The molecular formula is C14H32N2O. The summed E-state index contributed by atoms with van der Waals surface area (Å²) in [5.41, 5.74) is 0. The monoisotopic (exact) mass is 244 g/mol. The highest BCUT2D eigenvalue weighted by Gasteiger charge is 2.17. The van der Waals surface area contributed by atoms with Crippen LogP contribution in [0.5, 0.6) is 0 Å². The summed E-state index contributed by atoms with van der Waals surface area (Å²) in [5, 5.41) is 3.48. The highest BCUT2D eigenvalue weighted by atomic mass is 16.5. The first-order valence-electron chi connectivity index (χ1n) is 7.09. The molecule has 0 spiro atoms. The fourth-order valence-corrected chi connectivity index (χ4v) is 2.16. The number of hydrogen-bond donors (Lipinski definition) is 1. The molecular weight excluding hydrogens is 212 g/mol. The minimum absolute atomic E-state index is 0.650. The molecule has 0 amide bonds. The Labute approximate surface area is 108 Å². The first kappa shape index (κ1) is 16.9. The Morgan fingerprint density at radius 3 is 2.41 bits per heavy atom. The summed E-state index contributed by atoms with van der Waals surface area (Å²) in [4.78, 5) is 2.58. The standard InChI is InChI=1S/C14H32N2O/c1-6-8-14(11-15-7-2)16(9-10-17-5)12-13(3)4/h13-15H,6-12H2,1-5H3. The van der Waals surface area contributed by atoms with Crippen LogP contribution in [0.2, 0.25) is 0 Å². The molecule has 1 atom stereocenters. The Morgan fingerprint density at radius 1 is 1.24 bits per heavy atom. The fourth-order valence-electron chi connectivity index (χ4n) is 2.16. The van der Waals surface area contributed by atoms with Gasteiger partial charge in [-0.2, -0.15) is 0 Å². The molecule has 0 heterocycles. The number of likely N-dealkylation sites (N-methyl/N-ethyl adjacent to an activating group) is 1. The van der Waals surface area contributed by atoms with Crippen molar-refractivity contribution in [3.8, 4) is 0 Å². The SMILES string of the molecule is CCCC(CNCC)N(CCOC)CC(C)C. The molecule has 0 radical (unpaired) electrons.